The number of carbonyl (C=O) groups is 1. The van der Waals surface area contributed by atoms with Crippen molar-refractivity contribution in [2.75, 3.05) is 0 Å². The highest BCUT2D eigenvalue weighted by molar-refractivity contribution is 5.93. The first-order valence-corrected chi connectivity index (χ1v) is 9.33. The van der Waals surface area contributed by atoms with Gasteiger partial charge in [-0.05, 0) is 48.8 Å². The number of unbranched alkanes of at least 4 members (excludes halogenated alkanes) is 4. The van der Waals surface area contributed by atoms with E-state index in [2.05, 4.69) is 26.8 Å². The molecular formula is C22H25N3O. The molecule has 0 N–H and O–H groups in total. The highest BCUT2D eigenvalue weighted by Gasteiger charge is 2.01. The number of ketones is 1. The second kappa shape index (κ2) is 9.66. The van der Waals surface area contributed by atoms with Gasteiger partial charge in [0.2, 0.25) is 0 Å². The van der Waals surface area contributed by atoms with E-state index in [0.717, 1.165) is 31.4 Å². The molecule has 0 bridgehead atoms. The number of nitrogens with zero attached hydrogens (tertiary/aromatic N) is 3. The lowest BCUT2D eigenvalue weighted by Gasteiger charge is -2.05. The topological polar surface area (TPSA) is 47.8 Å². The van der Waals surface area contributed by atoms with E-state index in [1.54, 1.807) is 18.5 Å². The van der Waals surface area contributed by atoms with E-state index in [1.807, 2.05) is 36.7 Å². The number of rotatable bonds is 10. The summed E-state index contributed by atoms with van der Waals surface area (Å²) in [5.41, 5.74) is 2.17. The molecule has 0 aliphatic rings. The molecule has 3 aromatic heterocycles. The van der Waals surface area contributed by atoms with Gasteiger partial charge in [-0.1, -0.05) is 25.3 Å². The van der Waals surface area contributed by atoms with Crippen LogP contribution < -0.4 is 0 Å². The van der Waals surface area contributed by atoms with Crippen LogP contribution in [-0.4, -0.2) is 20.3 Å². The fraction of sp³-hybridized carbons (Fsp3) is 0.318. The van der Waals surface area contributed by atoms with Gasteiger partial charge in [-0.25, -0.2) is 0 Å². The Bertz CT molecular complexity index is 852. The second-order valence-corrected chi connectivity index (χ2v) is 6.55. The first-order valence-electron chi connectivity index (χ1n) is 9.33. The molecule has 3 rings (SSSR count). The van der Waals surface area contributed by atoms with Crippen molar-refractivity contribution < 1.29 is 4.79 Å². The van der Waals surface area contributed by atoms with Gasteiger partial charge in [-0.15, -0.1) is 0 Å². The van der Waals surface area contributed by atoms with E-state index in [-0.39, 0.29) is 5.78 Å². The van der Waals surface area contributed by atoms with Gasteiger partial charge in [-0.3, -0.25) is 14.8 Å². The highest BCUT2D eigenvalue weighted by Crippen LogP contribution is 2.15. The monoisotopic (exact) mass is 347 g/mol. The molecule has 3 aromatic rings. The molecule has 0 saturated heterocycles. The number of aryl methyl sites for hydroxylation is 1. The van der Waals surface area contributed by atoms with Crippen molar-refractivity contribution in [3.8, 4) is 0 Å². The predicted octanol–water partition coefficient (Wildman–Crippen LogP) is 5.05. The average Bonchev–Trinajstić information content (AvgIpc) is 3.10. The van der Waals surface area contributed by atoms with Crippen molar-refractivity contribution in [3.05, 3.63) is 66.9 Å². The van der Waals surface area contributed by atoms with Gasteiger partial charge in [0.25, 0.3) is 0 Å². The zero-order valence-corrected chi connectivity index (χ0v) is 15.1. The number of aromatic nitrogens is 3. The van der Waals surface area contributed by atoms with Crippen molar-refractivity contribution in [2.24, 2.45) is 0 Å². The normalized spacial score (nSPS) is 11.4. The molecule has 0 aromatic carbocycles. The molecular weight excluding hydrogens is 322 g/mol. The first-order chi connectivity index (χ1) is 12.8. The molecule has 0 atom stereocenters. The van der Waals surface area contributed by atoms with Gasteiger partial charge in [0.1, 0.15) is 0 Å². The maximum atomic E-state index is 11.9. The Morgan fingerprint density at radius 3 is 2.69 bits per heavy atom. The minimum Gasteiger partial charge on any atom is -0.346 e. The second-order valence-electron chi connectivity index (χ2n) is 6.55. The van der Waals surface area contributed by atoms with Crippen molar-refractivity contribution in [2.45, 2.75) is 45.1 Å². The van der Waals surface area contributed by atoms with Crippen LogP contribution in [0.3, 0.4) is 0 Å². The Kier molecular flexibility index (Phi) is 6.71. The number of allylic oxidation sites excluding steroid dienone is 1. The Labute approximate surface area is 154 Å². The van der Waals surface area contributed by atoms with Gasteiger partial charge < -0.3 is 4.57 Å². The third-order valence-electron chi connectivity index (χ3n) is 4.54. The lowest BCUT2D eigenvalue weighted by molar-refractivity contribution is -0.114. The third kappa shape index (κ3) is 5.38. The van der Waals surface area contributed by atoms with Gasteiger partial charge in [0.15, 0.2) is 5.78 Å². The van der Waals surface area contributed by atoms with Gasteiger partial charge in [0, 0.05) is 43.1 Å². The van der Waals surface area contributed by atoms with Crippen LogP contribution in [0.15, 0.2) is 61.3 Å². The van der Waals surface area contributed by atoms with Crippen LogP contribution in [0.25, 0.3) is 17.0 Å². The van der Waals surface area contributed by atoms with E-state index in [1.165, 1.54) is 23.7 Å². The Morgan fingerprint density at radius 2 is 1.81 bits per heavy atom. The Balaban J connectivity index is 1.28. The molecule has 0 aliphatic carbocycles. The molecule has 3 heterocycles. The third-order valence-corrected chi connectivity index (χ3v) is 4.54. The van der Waals surface area contributed by atoms with E-state index in [0.29, 0.717) is 6.42 Å². The molecule has 4 heteroatoms. The minimum absolute atomic E-state index is 0.195. The van der Waals surface area contributed by atoms with Crippen LogP contribution in [0.1, 0.15) is 44.1 Å². The van der Waals surface area contributed by atoms with Crippen LogP contribution in [0.2, 0.25) is 0 Å². The molecule has 0 unspecified atom stereocenters. The fourth-order valence-corrected chi connectivity index (χ4v) is 3.08. The summed E-state index contributed by atoms with van der Waals surface area (Å²) in [5.74, 6) is 0.195. The number of fused-ring (bicyclic) bond motifs is 1. The molecule has 0 fully saturated rings. The first kappa shape index (κ1) is 18.1. The van der Waals surface area contributed by atoms with Crippen LogP contribution in [-0.2, 0) is 11.3 Å². The maximum Gasteiger partial charge on any atom is 0.155 e. The molecule has 134 valence electrons. The Hall–Kier alpha value is -2.75. The molecule has 0 amide bonds. The molecule has 0 radical (unpaired) electrons. The summed E-state index contributed by atoms with van der Waals surface area (Å²) >= 11 is 0. The maximum absolute atomic E-state index is 11.9. The van der Waals surface area contributed by atoms with E-state index in [9.17, 15) is 4.79 Å². The minimum atomic E-state index is 0.195. The number of hydrogen-bond acceptors (Lipinski definition) is 3. The van der Waals surface area contributed by atoms with E-state index in [4.69, 9.17) is 0 Å². The van der Waals surface area contributed by atoms with Crippen molar-refractivity contribution in [1.82, 2.24) is 14.5 Å². The highest BCUT2D eigenvalue weighted by atomic mass is 16.1. The van der Waals surface area contributed by atoms with Crippen molar-refractivity contribution in [1.29, 1.82) is 0 Å². The number of carbonyl (C=O) groups excluding carboxylic acids is 1. The van der Waals surface area contributed by atoms with Gasteiger partial charge in [0.05, 0.1) is 11.7 Å². The predicted molar refractivity (Wildman–Crippen MR) is 106 cm³/mol. The molecule has 0 aliphatic heterocycles. The SMILES string of the molecule is O=C(/C=C/c1cccnc1)CCCCCCCn1ccc2ccncc21. The molecule has 0 spiro atoms. The zero-order valence-electron chi connectivity index (χ0n) is 15.1. The summed E-state index contributed by atoms with van der Waals surface area (Å²) in [5, 5.41) is 1.25. The van der Waals surface area contributed by atoms with Crippen LogP contribution in [0, 0.1) is 0 Å². The van der Waals surface area contributed by atoms with Crippen LogP contribution in [0.4, 0.5) is 0 Å². The smallest absolute Gasteiger partial charge is 0.155 e. The summed E-state index contributed by atoms with van der Waals surface area (Å²) in [7, 11) is 0. The fourth-order valence-electron chi connectivity index (χ4n) is 3.08. The van der Waals surface area contributed by atoms with Gasteiger partial charge >= 0.3 is 0 Å². The lowest BCUT2D eigenvalue weighted by atomic mass is 10.1. The summed E-state index contributed by atoms with van der Waals surface area (Å²) < 4.78 is 2.27. The van der Waals surface area contributed by atoms with Crippen LogP contribution >= 0.6 is 0 Å². The van der Waals surface area contributed by atoms with E-state index < -0.39 is 0 Å². The standard InChI is InChI=1S/C22H25N3O/c26-21(10-9-19-7-6-13-23-17-19)8-4-2-1-3-5-15-25-16-12-20-11-14-24-18-22(20)25/h6-7,9-14,16-18H,1-5,8,15H2/b10-9+. The molecule has 0 saturated carbocycles. The number of hydrogen-bond donors (Lipinski definition) is 0. The van der Waals surface area contributed by atoms with Crippen molar-refractivity contribution >= 4 is 22.8 Å². The number of pyridine rings is 2. The summed E-state index contributed by atoms with van der Waals surface area (Å²) in [6.07, 6.45) is 19.1. The largest absolute Gasteiger partial charge is 0.346 e. The quantitative estimate of drug-likeness (QED) is 0.381. The van der Waals surface area contributed by atoms with Crippen LogP contribution in [0.5, 0.6) is 0 Å². The van der Waals surface area contributed by atoms with E-state index >= 15 is 0 Å². The molecule has 4 nitrogen and oxygen atoms in total. The lowest BCUT2D eigenvalue weighted by Crippen LogP contribution is -1.96. The Morgan fingerprint density at radius 1 is 0.962 bits per heavy atom. The zero-order chi connectivity index (χ0) is 18.0. The van der Waals surface area contributed by atoms with Crippen molar-refractivity contribution in [3.63, 3.8) is 0 Å². The van der Waals surface area contributed by atoms with Gasteiger partial charge in [-0.2, -0.15) is 0 Å². The summed E-state index contributed by atoms with van der Waals surface area (Å²) in [6, 6.07) is 8.01. The average molecular weight is 347 g/mol. The molecule has 26 heavy (non-hydrogen) atoms. The summed E-state index contributed by atoms with van der Waals surface area (Å²) in [6.45, 7) is 1.03. The summed E-state index contributed by atoms with van der Waals surface area (Å²) in [4.78, 5) is 20.1.